The van der Waals surface area contributed by atoms with Crippen LogP contribution in [0.25, 0.3) is 11.1 Å². The van der Waals surface area contributed by atoms with E-state index in [0.717, 1.165) is 29.5 Å². The lowest BCUT2D eigenvalue weighted by atomic mass is 9.99. The van der Waals surface area contributed by atoms with Gasteiger partial charge >= 0.3 is 0 Å². The maximum absolute atomic E-state index is 13.3. The van der Waals surface area contributed by atoms with Crippen molar-refractivity contribution in [2.24, 2.45) is 5.92 Å². The molecule has 0 bridgehead atoms. The molecule has 0 atom stereocenters. The molecular weight excluding hydrogens is 353 g/mol. The molecule has 0 spiro atoms. The van der Waals surface area contributed by atoms with Gasteiger partial charge in [0.25, 0.3) is 0 Å². The summed E-state index contributed by atoms with van der Waals surface area (Å²) in [5.41, 5.74) is 2.59. The minimum atomic E-state index is -3.48. The number of sulfonamides is 1. The lowest BCUT2D eigenvalue weighted by Crippen LogP contribution is -2.39. The summed E-state index contributed by atoms with van der Waals surface area (Å²) in [5, 5.41) is 0. The molecule has 26 heavy (non-hydrogen) atoms. The molecule has 0 N–H and O–H groups in total. The predicted molar refractivity (Wildman–Crippen MR) is 99.9 cm³/mol. The van der Waals surface area contributed by atoms with Gasteiger partial charge in [-0.1, -0.05) is 18.2 Å². The van der Waals surface area contributed by atoms with Gasteiger partial charge in [-0.2, -0.15) is 4.31 Å². The van der Waals surface area contributed by atoms with Crippen molar-refractivity contribution >= 4 is 10.0 Å². The number of benzene rings is 2. The van der Waals surface area contributed by atoms with Crippen LogP contribution in [0.1, 0.15) is 18.4 Å². The normalized spacial score (nSPS) is 16.7. The molecule has 0 aromatic heterocycles. The van der Waals surface area contributed by atoms with Crippen LogP contribution in [0, 0.1) is 18.7 Å². The van der Waals surface area contributed by atoms with Crippen molar-refractivity contribution < 1.29 is 17.5 Å². The van der Waals surface area contributed by atoms with Crippen LogP contribution >= 0.6 is 0 Å². The van der Waals surface area contributed by atoms with Crippen molar-refractivity contribution in [1.82, 2.24) is 4.31 Å². The zero-order chi connectivity index (χ0) is 18.7. The van der Waals surface area contributed by atoms with Crippen molar-refractivity contribution in [2.75, 3.05) is 26.8 Å². The molecule has 4 nitrogen and oxygen atoms in total. The van der Waals surface area contributed by atoms with E-state index >= 15 is 0 Å². The number of hydrogen-bond donors (Lipinski definition) is 0. The number of rotatable bonds is 5. The molecule has 0 aliphatic carbocycles. The molecular formula is C20H24FNO3S. The van der Waals surface area contributed by atoms with Crippen LogP contribution in [0.5, 0.6) is 0 Å². The molecule has 0 unspecified atom stereocenters. The van der Waals surface area contributed by atoms with Crippen LogP contribution in [0.3, 0.4) is 0 Å². The fourth-order valence-corrected chi connectivity index (χ4v) is 4.93. The minimum Gasteiger partial charge on any atom is -0.384 e. The molecule has 1 heterocycles. The predicted octanol–water partition coefficient (Wildman–Crippen LogP) is 3.85. The monoisotopic (exact) mass is 377 g/mol. The maximum atomic E-state index is 13.3. The molecule has 0 saturated carbocycles. The fourth-order valence-electron chi connectivity index (χ4n) is 3.46. The van der Waals surface area contributed by atoms with Gasteiger partial charge in [0.15, 0.2) is 0 Å². The second kappa shape index (κ2) is 7.86. The third kappa shape index (κ3) is 3.98. The first-order valence-electron chi connectivity index (χ1n) is 8.77. The summed E-state index contributed by atoms with van der Waals surface area (Å²) in [5.74, 6) is 0.151. The van der Waals surface area contributed by atoms with Crippen molar-refractivity contribution in [3.05, 3.63) is 53.8 Å². The number of halogens is 1. The number of nitrogens with zero attached hydrogens (tertiary/aromatic N) is 1. The Hall–Kier alpha value is -1.76. The average molecular weight is 377 g/mol. The van der Waals surface area contributed by atoms with Gasteiger partial charge in [-0.05, 0) is 66.6 Å². The number of methoxy groups -OCH3 is 1. The van der Waals surface area contributed by atoms with Crippen molar-refractivity contribution in [1.29, 1.82) is 0 Å². The molecule has 1 aliphatic rings. The van der Waals surface area contributed by atoms with E-state index in [4.69, 9.17) is 4.74 Å². The van der Waals surface area contributed by atoms with E-state index in [9.17, 15) is 12.8 Å². The zero-order valence-electron chi connectivity index (χ0n) is 15.1. The van der Waals surface area contributed by atoms with Crippen LogP contribution < -0.4 is 0 Å². The van der Waals surface area contributed by atoms with Crippen molar-refractivity contribution in [3.63, 3.8) is 0 Å². The second-order valence-corrected chi connectivity index (χ2v) is 8.72. The summed E-state index contributed by atoms with van der Waals surface area (Å²) in [7, 11) is -1.81. The van der Waals surface area contributed by atoms with Crippen molar-refractivity contribution in [3.8, 4) is 11.1 Å². The molecule has 2 aromatic carbocycles. The van der Waals surface area contributed by atoms with E-state index in [1.807, 2.05) is 6.92 Å². The van der Waals surface area contributed by atoms with Crippen LogP contribution in [-0.4, -0.2) is 39.5 Å². The van der Waals surface area contributed by atoms with Crippen molar-refractivity contribution in [2.45, 2.75) is 24.7 Å². The van der Waals surface area contributed by atoms with Crippen LogP contribution in [0.15, 0.2) is 47.4 Å². The molecule has 140 valence electrons. The minimum absolute atomic E-state index is 0.276. The van der Waals surface area contributed by atoms with Gasteiger partial charge in [0, 0.05) is 26.8 Å². The Labute approximate surface area is 154 Å². The molecule has 2 aromatic rings. The van der Waals surface area contributed by atoms with E-state index in [1.165, 1.54) is 12.1 Å². The van der Waals surface area contributed by atoms with Gasteiger partial charge in [-0.15, -0.1) is 0 Å². The van der Waals surface area contributed by atoms with Crippen LogP contribution in [0.4, 0.5) is 4.39 Å². The molecule has 0 amide bonds. The van der Waals surface area contributed by atoms with E-state index in [1.54, 1.807) is 41.7 Å². The Balaban J connectivity index is 1.77. The van der Waals surface area contributed by atoms with Gasteiger partial charge < -0.3 is 4.74 Å². The Morgan fingerprint density at radius 1 is 1.12 bits per heavy atom. The topological polar surface area (TPSA) is 46.6 Å². The van der Waals surface area contributed by atoms with E-state index in [0.29, 0.717) is 30.5 Å². The highest BCUT2D eigenvalue weighted by atomic mass is 32.2. The Morgan fingerprint density at radius 3 is 2.35 bits per heavy atom. The molecule has 1 aliphatic heterocycles. The van der Waals surface area contributed by atoms with E-state index in [2.05, 4.69) is 0 Å². The SMILES string of the molecule is COCC1CCN(S(=O)(=O)c2ccc(-c3ccc(F)cc3C)cc2)CC1. The van der Waals surface area contributed by atoms with Gasteiger partial charge in [0.2, 0.25) is 10.0 Å². The zero-order valence-corrected chi connectivity index (χ0v) is 15.9. The number of hydrogen-bond acceptors (Lipinski definition) is 3. The smallest absolute Gasteiger partial charge is 0.243 e. The maximum Gasteiger partial charge on any atom is 0.243 e. The summed E-state index contributed by atoms with van der Waals surface area (Å²) < 4.78 is 45.7. The lowest BCUT2D eigenvalue weighted by Gasteiger charge is -2.30. The molecule has 0 radical (unpaired) electrons. The number of piperidine rings is 1. The third-order valence-electron chi connectivity index (χ3n) is 4.97. The third-order valence-corrected chi connectivity index (χ3v) is 6.88. The van der Waals surface area contributed by atoms with Gasteiger partial charge in [-0.25, -0.2) is 12.8 Å². The van der Waals surface area contributed by atoms with E-state index < -0.39 is 10.0 Å². The molecule has 1 fully saturated rings. The fraction of sp³-hybridized carbons (Fsp3) is 0.400. The lowest BCUT2D eigenvalue weighted by molar-refractivity contribution is 0.121. The highest BCUT2D eigenvalue weighted by molar-refractivity contribution is 7.89. The van der Waals surface area contributed by atoms with Gasteiger partial charge in [0.1, 0.15) is 5.82 Å². The highest BCUT2D eigenvalue weighted by Crippen LogP contribution is 2.28. The molecule has 3 rings (SSSR count). The molecule has 1 saturated heterocycles. The summed E-state index contributed by atoms with van der Waals surface area (Å²) >= 11 is 0. The van der Waals surface area contributed by atoms with Gasteiger partial charge in [0.05, 0.1) is 4.90 Å². The first-order chi connectivity index (χ1) is 12.4. The summed E-state index contributed by atoms with van der Waals surface area (Å²) in [6.45, 7) is 3.57. The number of ether oxygens (including phenoxy) is 1. The van der Waals surface area contributed by atoms with Crippen LogP contribution in [0.2, 0.25) is 0 Å². The number of aryl methyl sites for hydroxylation is 1. The standard InChI is InChI=1S/C20H24FNO3S/c1-15-13-18(21)5-8-20(15)17-3-6-19(7-4-17)26(23,24)22-11-9-16(10-12-22)14-25-2/h3-8,13,16H,9-12,14H2,1-2H3. The first-order valence-corrected chi connectivity index (χ1v) is 10.2. The Bertz CT molecular complexity index is 857. The van der Waals surface area contributed by atoms with E-state index in [-0.39, 0.29) is 5.82 Å². The average Bonchev–Trinajstić information content (AvgIpc) is 2.63. The summed E-state index contributed by atoms with van der Waals surface area (Å²) in [6.07, 6.45) is 1.64. The second-order valence-electron chi connectivity index (χ2n) is 6.79. The van der Waals surface area contributed by atoms with Gasteiger partial charge in [-0.3, -0.25) is 0 Å². The summed E-state index contributed by atoms with van der Waals surface area (Å²) in [4.78, 5) is 0.297. The molecule has 6 heteroatoms. The quantitative estimate of drug-likeness (QED) is 0.795. The first kappa shape index (κ1) is 19.0. The largest absolute Gasteiger partial charge is 0.384 e. The Kier molecular flexibility index (Phi) is 5.75. The highest BCUT2D eigenvalue weighted by Gasteiger charge is 2.29. The summed E-state index contributed by atoms with van der Waals surface area (Å²) in [6, 6.07) is 11.4. The van der Waals surface area contributed by atoms with Crippen LogP contribution in [-0.2, 0) is 14.8 Å². The Morgan fingerprint density at radius 2 is 1.77 bits per heavy atom.